The molecule has 7 atom stereocenters. The van der Waals surface area contributed by atoms with Crippen LogP contribution in [0, 0.1) is 0 Å². The van der Waals surface area contributed by atoms with Gasteiger partial charge in [-0.05, 0) is 67.2 Å². The van der Waals surface area contributed by atoms with E-state index in [1.165, 1.54) is 7.11 Å². The van der Waals surface area contributed by atoms with Gasteiger partial charge in [-0.25, -0.2) is 0 Å². The summed E-state index contributed by atoms with van der Waals surface area (Å²) in [4.78, 5) is 12.3. The van der Waals surface area contributed by atoms with Crippen molar-refractivity contribution in [1.82, 2.24) is 0 Å². The average Bonchev–Trinajstić information content (AvgIpc) is 3.04. The molecular formula is C32H64O7Si3. The summed E-state index contributed by atoms with van der Waals surface area (Å²) in [6.07, 6.45) is 1.86. The number of ether oxygens (including phenoxy) is 3. The van der Waals surface area contributed by atoms with Crippen molar-refractivity contribution in [2.45, 2.75) is 179 Å². The van der Waals surface area contributed by atoms with E-state index in [9.17, 15) is 4.79 Å². The van der Waals surface area contributed by atoms with Crippen molar-refractivity contribution in [2.24, 2.45) is 0 Å². The molecule has 0 aliphatic carbocycles. The zero-order valence-corrected chi connectivity index (χ0v) is 31.7. The minimum Gasteiger partial charge on any atom is -0.469 e. The lowest BCUT2D eigenvalue weighted by Crippen LogP contribution is -2.68. The Labute approximate surface area is 261 Å². The molecule has 0 bridgehead atoms. The Morgan fingerprint density at radius 1 is 0.762 bits per heavy atom. The van der Waals surface area contributed by atoms with Crippen LogP contribution in [0.3, 0.4) is 0 Å². The number of methoxy groups -OCH3 is 1. The van der Waals surface area contributed by atoms with Crippen molar-refractivity contribution in [3.8, 4) is 0 Å². The summed E-state index contributed by atoms with van der Waals surface area (Å²) in [6, 6.07) is 9.38. The Morgan fingerprint density at radius 3 is 1.67 bits per heavy atom. The van der Waals surface area contributed by atoms with Gasteiger partial charge in [-0.3, -0.25) is 4.79 Å². The predicted octanol–water partition coefficient (Wildman–Crippen LogP) is 8.22. The van der Waals surface area contributed by atoms with Crippen LogP contribution in [-0.2, 0) is 32.3 Å². The maximum absolute atomic E-state index is 12.3. The highest BCUT2D eigenvalue weighted by molar-refractivity contribution is 6.74. The third-order valence-corrected chi connectivity index (χ3v) is 24.8. The molecule has 2 heterocycles. The standard InChI is InChI=1S/C32H64O7Si3/c1-12-26(37-40(13-2,14-3)15-4)29-31(38-41(16-5,17-6)18-7)32(39-42(19-8,20-9)21-10)30-27(36-29)23-22-25(35-30)24-28(33)34-11/h12,25-27,29-32H,1,13-24H2,2-11H3/t25-,26+,27+,29-,30+,31-,32+/m1/s1. The molecule has 246 valence electrons. The second-order valence-corrected chi connectivity index (χ2v) is 26.6. The van der Waals surface area contributed by atoms with Gasteiger partial charge >= 0.3 is 5.97 Å². The van der Waals surface area contributed by atoms with E-state index in [4.69, 9.17) is 27.5 Å². The molecule has 2 aliphatic rings. The van der Waals surface area contributed by atoms with E-state index >= 15 is 0 Å². The van der Waals surface area contributed by atoms with Gasteiger partial charge in [0.15, 0.2) is 25.0 Å². The minimum absolute atomic E-state index is 0.154. The first-order valence-electron chi connectivity index (χ1n) is 17.1. The molecule has 10 heteroatoms. The molecule has 0 saturated carbocycles. The number of carbonyl (C=O) groups excluding carboxylic acids is 1. The van der Waals surface area contributed by atoms with Crippen LogP contribution in [0.2, 0.25) is 54.4 Å². The molecule has 7 nitrogen and oxygen atoms in total. The van der Waals surface area contributed by atoms with E-state index in [0.717, 1.165) is 67.2 Å². The molecule has 0 spiro atoms. The van der Waals surface area contributed by atoms with Gasteiger partial charge in [-0.2, -0.15) is 0 Å². The van der Waals surface area contributed by atoms with Crippen LogP contribution in [0.1, 0.15) is 81.6 Å². The summed E-state index contributed by atoms with van der Waals surface area (Å²) >= 11 is 0. The lowest BCUT2D eigenvalue weighted by atomic mass is 9.87. The van der Waals surface area contributed by atoms with E-state index in [0.29, 0.717) is 0 Å². The second kappa shape index (κ2) is 17.4. The van der Waals surface area contributed by atoms with Gasteiger partial charge in [-0.1, -0.05) is 68.4 Å². The van der Waals surface area contributed by atoms with Gasteiger partial charge in [0.25, 0.3) is 0 Å². The topological polar surface area (TPSA) is 72.5 Å². The van der Waals surface area contributed by atoms with Crippen molar-refractivity contribution >= 4 is 30.9 Å². The Kier molecular flexibility index (Phi) is 15.7. The zero-order valence-electron chi connectivity index (χ0n) is 28.7. The summed E-state index contributed by atoms with van der Waals surface area (Å²) in [5.41, 5.74) is 0. The van der Waals surface area contributed by atoms with Crippen molar-refractivity contribution in [3.63, 3.8) is 0 Å². The smallest absolute Gasteiger partial charge is 0.308 e. The van der Waals surface area contributed by atoms with Gasteiger partial charge in [0, 0.05) is 0 Å². The maximum Gasteiger partial charge on any atom is 0.308 e. The first kappa shape index (κ1) is 37.8. The molecule has 0 unspecified atom stereocenters. The Morgan fingerprint density at radius 2 is 1.24 bits per heavy atom. The second-order valence-electron chi connectivity index (χ2n) is 12.4. The molecule has 0 N–H and O–H groups in total. The van der Waals surface area contributed by atoms with Crippen LogP contribution in [0.4, 0.5) is 0 Å². The highest BCUT2D eigenvalue weighted by Gasteiger charge is 2.56. The highest BCUT2D eigenvalue weighted by atomic mass is 28.4. The monoisotopic (exact) mass is 644 g/mol. The number of carbonyl (C=O) groups is 1. The van der Waals surface area contributed by atoms with Crippen molar-refractivity contribution in [3.05, 3.63) is 12.7 Å². The van der Waals surface area contributed by atoms with E-state index in [1.807, 2.05) is 6.08 Å². The molecule has 0 aromatic carbocycles. The molecule has 42 heavy (non-hydrogen) atoms. The van der Waals surface area contributed by atoms with E-state index < -0.39 is 25.0 Å². The number of esters is 1. The molecule has 2 aliphatic heterocycles. The van der Waals surface area contributed by atoms with Crippen LogP contribution in [0.5, 0.6) is 0 Å². The quantitative estimate of drug-likeness (QED) is 0.0797. The molecule has 0 aromatic rings. The van der Waals surface area contributed by atoms with Crippen LogP contribution in [-0.4, -0.2) is 80.8 Å². The maximum atomic E-state index is 12.3. The third kappa shape index (κ3) is 8.68. The van der Waals surface area contributed by atoms with E-state index in [2.05, 4.69) is 68.9 Å². The number of rotatable bonds is 19. The summed E-state index contributed by atoms with van der Waals surface area (Å²) in [5, 5.41) is 0. The fraction of sp³-hybridized carbons (Fsp3) is 0.906. The molecule has 0 amide bonds. The molecule has 2 rings (SSSR count). The van der Waals surface area contributed by atoms with Crippen molar-refractivity contribution in [2.75, 3.05) is 7.11 Å². The van der Waals surface area contributed by atoms with Gasteiger partial charge < -0.3 is 27.5 Å². The molecular weight excluding hydrogens is 581 g/mol. The minimum atomic E-state index is -2.09. The van der Waals surface area contributed by atoms with Crippen LogP contribution in [0.15, 0.2) is 12.7 Å². The van der Waals surface area contributed by atoms with Crippen LogP contribution >= 0.6 is 0 Å². The number of hydrogen-bond acceptors (Lipinski definition) is 7. The van der Waals surface area contributed by atoms with Crippen molar-refractivity contribution < 1.29 is 32.3 Å². The van der Waals surface area contributed by atoms with Crippen LogP contribution in [0.25, 0.3) is 0 Å². The zero-order chi connectivity index (χ0) is 31.6. The molecule has 0 radical (unpaired) electrons. The molecule has 2 fully saturated rings. The summed E-state index contributed by atoms with van der Waals surface area (Å²) < 4.78 is 40.8. The fourth-order valence-electron chi connectivity index (χ4n) is 7.05. The van der Waals surface area contributed by atoms with E-state index in [-0.39, 0.29) is 55.1 Å². The Hall–Kier alpha value is -0.339. The van der Waals surface area contributed by atoms with Gasteiger partial charge in [0.1, 0.15) is 24.4 Å². The number of fused-ring (bicyclic) bond motifs is 1. The predicted molar refractivity (Wildman–Crippen MR) is 180 cm³/mol. The summed E-state index contributed by atoms with van der Waals surface area (Å²) in [7, 11) is -4.71. The van der Waals surface area contributed by atoms with E-state index in [1.54, 1.807) is 0 Å². The highest BCUT2D eigenvalue weighted by Crippen LogP contribution is 2.42. The molecule has 2 saturated heterocycles. The lowest BCUT2D eigenvalue weighted by Gasteiger charge is -2.55. The summed E-state index contributed by atoms with van der Waals surface area (Å²) in [5.74, 6) is -0.243. The fourth-order valence-corrected chi connectivity index (χ4v) is 15.5. The van der Waals surface area contributed by atoms with Gasteiger partial charge in [-0.15, -0.1) is 6.58 Å². The third-order valence-electron chi connectivity index (χ3n) is 10.9. The van der Waals surface area contributed by atoms with Crippen molar-refractivity contribution in [1.29, 1.82) is 0 Å². The number of hydrogen-bond donors (Lipinski definition) is 0. The SMILES string of the molecule is C=C[C@H](O[Si](CC)(CC)CC)[C@H]1O[C@H]2CC[C@H](CC(=O)OC)O[C@@H]2[C@H](O[Si](CC)(CC)CC)[C@@H]1O[Si](CC)(CC)CC. The largest absolute Gasteiger partial charge is 0.469 e. The van der Waals surface area contributed by atoms with Gasteiger partial charge in [0.05, 0.1) is 31.8 Å². The van der Waals surface area contributed by atoms with Gasteiger partial charge in [0.2, 0.25) is 0 Å². The van der Waals surface area contributed by atoms with Crippen LogP contribution < -0.4 is 0 Å². The lowest BCUT2D eigenvalue weighted by molar-refractivity contribution is -0.266. The Bertz CT molecular complexity index is 791. The molecule has 0 aromatic heterocycles. The average molecular weight is 645 g/mol. The normalized spacial score (nSPS) is 27.8. The first-order chi connectivity index (χ1) is 20.1. The summed E-state index contributed by atoms with van der Waals surface area (Å²) in [6.45, 7) is 24.7. The first-order valence-corrected chi connectivity index (χ1v) is 24.7. The Balaban J connectivity index is 2.69.